The quantitative estimate of drug-likeness (QED) is 0.734. The fourth-order valence-electron chi connectivity index (χ4n) is 2.11. The Morgan fingerprint density at radius 3 is 2.44 bits per heavy atom. The number of hydrogen-bond donors (Lipinski definition) is 2. The number of carbonyl (C=O) groups is 2. The average molecular weight is 228 g/mol. The van der Waals surface area contributed by atoms with Crippen molar-refractivity contribution in [1.82, 2.24) is 4.90 Å². The molecule has 1 heterocycles. The van der Waals surface area contributed by atoms with E-state index in [1.165, 1.54) is 0 Å². The van der Waals surface area contributed by atoms with Crippen molar-refractivity contribution in [2.45, 2.75) is 45.2 Å². The minimum Gasteiger partial charge on any atom is -0.481 e. The van der Waals surface area contributed by atoms with Crippen LogP contribution in [0.15, 0.2) is 0 Å². The second-order valence-corrected chi connectivity index (χ2v) is 5.23. The summed E-state index contributed by atoms with van der Waals surface area (Å²) >= 11 is 0. The van der Waals surface area contributed by atoms with E-state index in [1.807, 2.05) is 0 Å². The molecule has 0 spiro atoms. The molecule has 5 heteroatoms. The van der Waals surface area contributed by atoms with Gasteiger partial charge in [0.25, 0.3) is 0 Å². The van der Waals surface area contributed by atoms with Crippen LogP contribution in [-0.4, -0.2) is 40.0 Å². The normalized spacial score (nSPS) is 25.9. The van der Waals surface area contributed by atoms with E-state index in [0.717, 1.165) is 0 Å². The molecular formula is C11H20N2O3. The summed E-state index contributed by atoms with van der Waals surface area (Å²) in [7, 11) is 0. The second-order valence-electron chi connectivity index (χ2n) is 5.23. The molecule has 3 N–H and O–H groups in total. The van der Waals surface area contributed by atoms with Gasteiger partial charge in [0.2, 0.25) is 5.91 Å². The van der Waals surface area contributed by atoms with Crippen molar-refractivity contribution < 1.29 is 14.7 Å². The van der Waals surface area contributed by atoms with Crippen LogP contribution in [0.2, 0.25) is 0 Å². The zero-order chi connectivity index (χ0) is 12.5. The van der Waals surface area contributed by atoms with Gasteiger partial charge in [0, 0.05) is 24.5 Å². The summed E-state index contributed by atoms with van der Waals surface area (Å²) in [4.78, 5) is 24.4. The zero-order valence-corrected chi connectivity index (χ0v) is 10.1. The van der Waals surface area contributed by atoms with Crippen LogP contribution in [0.3, 0.4) is 0 Å². The lowest BCUT2D eigenvalue weighted by Gasteiger charge is -2.27. The zero-order valence-electron chi connectivity index (χ0n) is 10.1. The molecule has 92 valence electrons. The number of carbonyl (C=O) groups excluding carboxylic acids is 1. The number of aliphatic carboxylic acids is 1. The van der Waals surface area contributed by atoms with Crippen LogP contribution in [0.1, 0.15) is 33.6 Å². The van der Waals surface area contributed by atoms with Crippen LogP contribution in [0.25, 0.3) is 0 Å². The summed E-state index contributed by atoms with van der Waals surface area (Å²) < 4.78 is 0. The standard InChI is InChI=1S/C11H20N2O3/c1-7-8(10(15)16)4-5-13(7)9(14)6-11(2,3)12/h7-8H,4-6,12H2,1-3H3,(H,15,16). The minimum absolute atomic E-state index is 0.0521. The van der Waals surface area contributed by atoms with Crippen molar-refractivity contribution >= 4 is 11.9 Å². The predicted octanol–water partition coefficient (Wildman–Crippen LogP) is 0.435. The van der Waals surface area contributed by atoms with E-state index in [2.05, 4.69) is 0 Å². The Labute approximate surface area is 95.6 Å². The lowest BCUT2D eigenvalue weighted by atomic mass is 10.00. The first kappa shape index (κ1) is 13.0. The van der Waals surface area contributed by atoms with Crippen molar-refractivity contribution in [3.63, 3.8) is 0 Å². The first-order valence-electron chi connectivity index (χ1n) is 5.53. The van der Waals surface area contributed by atoms with Crippen molar-refractivity contribution in [2.75, 3.05) is 6.54 Å². The van der Waals surface area contributed by atoms with E-state index in [9.17, 15) is 9.59 Å². The summed E-state index contributed by atoms with van der Waals surface area (Å²) in [5.74, 6) is -1.32. The van der Waals surface area contributed by atoms with Gasteiger partial charge in [-0.2, -0.15) is 0 Å². The number of nitrogens with zero attached hydrogens (tertiary/aromatic N) is 1. The maximum Gasteiger partial charge on any atom is 0.308 e. The number of carboxylic acids is 1. The molecule has 16 heavy (non-hydrogen) atoms. The highest BCUT2D eigenvalue weighted by atomic mass is 16.4. The van der Waals surface area contributed by atoms with E-state index >= 15 is 0 Å². The molecule has 5 nitrogen and oxygen atoms in total. The number of likely N-dealkylation sites (tertiary alicyclic amines) is 1. The Hall–Kier alpha value is -1.10. The molecule has 1 aliphatic heterocycles. The maximum absolute atomic E-state index is 11.9. The lowest BCUT2D eigenvalue weighted by Crippen LogP contribution is -2.43. The van der Waals surface area contributed by atoms with Gasteiger partial charge < -0.3 is 15.7 Å². The molecule has 2 unspecified atom stereocenters. The molecular weight excluding hydrogens is 208 g/mol. The van der Waals surface area contributed by atoms with Crippen LogP contribution in [0.4, 0.5) is 0 Å². The number of hydrogen-bond acceptors (Lipinski definition) is 3. The van der Waals surface area contributed by atoms with Gasteiger partial charge >= 0.3 is 5.97 Å². The van der Waals surface area contributed by atoms with E-state index in [0.29, 0.717) is 13.0 Å². The van der Waals surface area contributed by atoms with Crippen LogP contribution in [0.5, 0.6) is 0 Å². The molecule has 0 aliphatic carbocycles. The van der Waals surface area contributed by atoms with Crippen molar-refractivity contribution in [1.29, 1.82) is 0 Å². The van der Waals surface area contributed by atoms with Crippen LogP contribution < -0.4 is 5.73 Å². The van der Waals surface area contributed by atoms with Gasteiger partial charge in [-0.15, -0.1) is 0 Å². The SMILES string of the molecule is CC1C(C(=O)O)CCN1C(=O)CC(C)(C)N. The van der Waals surface area contributed by atoms with Crippen LogP contribution in [-0.2, 0) is 9.59 Å². The highest BCUT2D eigenvalue weighted by Gasteiger charge is 2.38. The minimum atomic E-state index is -0.824. The topological polar surface area (TPSA) is 83.6 Å². The Morgan fingerprint density at radius 1 is 1.50 bits per heavy atom. The van der Waals surface area contributed by atoms with Gasteiger partial charge in [-0.25, -0.2) is 0 Å². The third-order valence-corrected chi connectivity index (χ3v) is 3.00. The van der Waals surface area contributed by atoms with E-state index in [4.69, 9.17) is 10.8 Å². The Morgan fingerprint density at radius 2 is 2.06 bits per heavy atom. The maximum atomic E-state index is 11.9. The molecule has 2 atom stereocenters. The van der Waals surface area contributed by atoms with Gasteiger partial charge in [0.15, 0.2) is 0 Å². The summed E-state index contributed by atoms with van der Waals surface area (Å²) in [6.07, 6.45) is 0.789. The summed E-state index contributed by atoms with van der Waals surface area (Å²) in [5, 5.41) is 8.95. The fraction of sp³-hybridized carbons (Fsp3) is 0.818. The van der Waals surface area contributed by atoms with Gasteiger partial charge in [-0.05, 0) is 27.2 Å². The highest BCUT2D eigenvalue weighted by molar-refractivity contribution is 5.80. The van der Waals surface area contributed by atoms with Gasteiger partial charge in [0.05, 0.1) is 5.92 Å². The number of nitrogens with two attached hydrogens (primary N) is 1. The molecule has 1 saturated heterocycles. The molecule has 1 rings (SSSR count). The Balaban J connectivity index is 2.63. The molecule has 1 amide bonds. The molecule has 1 fully saturated rings. The molecule has 0 saturated carbocycles. The fourth-order valence-corrected chi connectivity index (χ4v) is 2.11. The third-order valence-electron chi connectivity index (χ3n) is 3.00. The Kier molecular flexibility index (Phi) is 3.57. The number of carboxylic acid groups (broad SMARTS) is 1. The highest BCUT2D eigenvalue weighted by Crippen LogP contribution is 2.25. The third kappa shape index (κ3) is 2.95. The molecule has 0 aromatic rings. The van der Waals surface area contributed by atoms with Crippen LogP contribution >= 0.6 is 0 Å². The van der Waals surface area contributed by atoms with E-state index < -0.39 is 17.4 Å². The first-order chi connectivity index (χ1) is 7.22. The molecule has 0 bridgehead atoms. The van der Waals surface area contributed by atoms with Crippen LogP contribution in [0, 0.1) is 5.92 Å². The molecule has 0 aromatic heterocycles. The average Bonchev–Trinajstić information content (AvgIpc) is 2.43. The molecule has 0 radical (unpaired) electrons. The van der Waals surface area contributed by atoms with Crippen molar-refractivity contribution in [3.8, 4) is 0 Å². The number of amides is 1. The van der Waals surface area contributed by atoms with E-state index in [-0.39, 0.29) is 18.4 Å². The molecule has 1 aliphatic rings. The van der Waals surface area contributed by atoms with Gasteiger partial charge in [0.1, 0.15) is 0 Å². The lowest BCUT2D eigenvalue weighted by molar-refractivity contribution is -0.143. The number of rotatable bonds is 3. The second kappa shape index (κ2) is 4.41. The molecule has 0 aromatic carbocycles. The summed E-state index contributed by atoms with van der Waals surface area (Å²) in [6.45, 7) is 5.89. The van der Waals surface area contributed by atoms with Gasteiger partial charge in [-0.3, -0.25) is 9.59 Å². The predicted molar refractivity (Wildman–Crippen MR) is 59.8 cm³/mol. The van der Waals surface area contributed by atoms with Gasteiger partial charge in [-0.1, -0.05) is 0 Å². The summed E-state index contributed by atoms with van der Waals surface area (Å²) in [5.41, 5.74) is 5.24. The summed E-state index contributed by atoms with van der Waals surface area (Å²) in [6, 6.07) is -0.229. The first-order valence-corrected chi connectivity index (χ1v) is 5.53. The smallest absolute Gasteiger partial charge is 0.308 e. The Bertz CT molecular complexity index is 296. The van der Waals surface area contributed by atoms with Crippen molar-refractivity contribution in [2.24, 2.45) is 11.7 Å². The van der Waals surface area contributed by atoms with E-state index in [1.54, 1.807) is 25.7 Å². The largest absolute Gasteiger partial charge is 0.481 e. The van der Waals surface area contributed by atoms with Crippen molar-refractivity contribution in [3.05, 3.63) is 0 Å². The monoisotopic (exact) mass is 228 g/mol.